The number of benzene rings is 2. The Hall–Kier alpha value is -3.00. The molecule has 0 aliphatic carbocycles. The smallest absolute Gasteiger partial charge is 0.266 e. The topological polar surface area (TPSA) is 60.4 Å². The first-order chi connectivity index (χ1) is 14.1. The van der Waals surface area contributed by atoms with E-state index in [1.807, 2.05) is 13.8 Å². The van der Waals surface area contributed by atoms with Gasteiger partial charge < -0.3 is 14.2 Å². The van der Waals surface area contributed by atoms with Crippen molar-refractivity contribution in [1.82, 2.24) is 4.90 Å². The predicted molar refractivity (Wildman–Crippen MR) is 110 cm³/mol. The van der Waals surface area contributed by atoms with Crippen molar-refractivity contribution in [2.24, 2.45) is 4.99 Å². The molecule has 0 atom stereocenters. The van der Waals surface area contributed by atoms with Crippen molar-refractivity contribution < 1.29 is 23.4 Å². The largest absolute Gasteiger partial charge is 0.493 e. The number of rotatable bonds is 5. The summed E-state index contributed by atoms with van der Waals surface area (Å²) in [5.41, 5.74) is 1.31. The van der Waals surface area contributed by atoms with Gasteiger partial charge in [0.05, 0.1) is 17.2 Å². The molecule has 0 spiro atoms. The molecule has 0 bridgehead atoms. The van der Waals surface area contributed by atoms with Crippen LogP contribution in [-0.4, -0.2) is 35.9 Å². The number of fused-ring (bicyclic) bond motifs is 1. The molecule has 150 valence electrons. The van der Waals surface area contributed by atoms with Crippen molar-refractivity contribution in [1.29, 1.82) is 0 Å². The van der Waals surface area contributed by atoms with Crippen LogP contribution in [-0.2, 0) is 4.79 Å². The standard InChI is InChI=1S/C21H19FN2O4S/c1-3-24-20(25)19(29-21(24)23-15-7-5-14(22)6-8-15)10-13-9-17-18(28-12-27-17)11-16(13)26-4-2/h5-11H,3-4,12H2,1-2H3/b19-10+,23-21?. The Bertz CT molecular complexity index is 1000. The van der Waals surface area contributed by atoms with E-state index in [4.69, 9.17) is 14.2 Å². The summed E-state index contributed by atoms with van der Waals surface area (Å²) < 4.78 is 29.7. The normalized spacial score (nSPS) is 18.2. The third-order valence-corrected chi connectivity index (χ3v) is 5.35. The summed E-state index contributed by atoms with van der Waals surface area (Å²) in [4.78, 5) is 19.5. The Morgan fingerprint density at radius 2 is 1.93 bits per heavy atom. The average molecular weight is 414 g/mol. The first-order valence-electron chi connectivity index (χ1n) is 9.21. The zero-order valence-electron chi connectivity index (χ0n) is 16.0. The first kappa shape index (κ1) is 19.3. The number of hydrogen-bond donors (Lipinski definition) is 0. The van der Waals surface area contributed by atoms with Gasteiger partial charge in [-0.2, -0.15) is 0 Å². The molecule has 6 nitrogen and oxygen atoms in total. The van der Waals surface area contributed by atoms with Crippen molar-refractivity contribution >= 4 is 34.6 Å². The second kappa shape index (κ2) is 8.16. The molecule has 29 heavy (non-hydrogen) atoms. The van der Waals surface area contributed by atoms with E-state index < -0.39 is 0 Å². The van der Waals surface area contributed by atoms with Crippen molar-refractivity contribution in [3.8, 4) is 17.2 Å². The van der Waals surface area contributed by atoms with Crippen LogP contribution in [0.4, 0.5) is 10.1 Å². The number of carbonyl (C=O) groups excluding carboxylic acids is 1. The summed E-state index contributed by atoms with van der Waals surface area (Å²) in [7, 11) is 0. The van der Waals surface area contributed by atoms with E-state index in [2.05, 4.69) is 4.99 Å². The van der Waals surface area contributed by atoms with Gasteiger partial charge in [-0.15, -0.1) is 0 Å². The molecule has 0 N–H and O–H groups in total. The number of likely N-dealkylation sites (N-methyl/N-ethyl adjacent to an activating group) is 1. The Balaban J connectivity index is 1.69. The molecule has 2 heterocycles. The van der Waals surface area contributed by atoms with Crippen molar-refractivity contribution in [2.45, 2.75) is 13.8 Å². The summed E-state index contributed by atoms with van der Waals surface area (Å²) in [5, 5.41) is 0.550. The van der Waals surface area contributed by atoms with E-state index >= 15 is 0 Å². The van der Waals surface area contributed by atoms with Crippen LogP contribution < -0.4 is 14.2 Å². The zero-order valence-corrected chi connectivity index (χ0v) is 16.8. The number of ether oxygens (including phenoxy) is 3. The minimum atomic E-state index is -0.330. The fraction of sp³-hybridized carbons (Fsp3) is 0.238. The Kier molecular flexibility index (Phi) is 5.44. The highest BCUT2D eigenvalue weighted by molar-refractivity contribution is 8.18. The van der Waals surface area contributed by atoms with Gasteiger partial charge in [-0.05, 0) is 62.0 Å². The number of amides is 1. The highest BCUT2D eigenvalue weighted by atomic mass is 32.2. The van der Waals surface area contributed by atoms with Gasteiger partial charge in [0.2, 0.25) is 6.79 Å². The molecule has 8 heteroatoms. The monoisotopic (exact) mass is 414 g/mol. The number of amidine groups is 1. The summed E-state index contributed by atoms with van der Waals surface area (Å²) in [5.74, 6) is 1.38. The van der Waals surface area contributed by atoms with Crippen molar-refractivity contribution in [2.75, 3.05) is 19.9 Å². The lowest BCUT2D eigenvalue weighted by Gasteiger charge is -2.12. The van der Waals surface area contributed by atoms with Gasteiger partial charge in [0.25, 0.3) is 5.91 Å². The second-order valence-corrected chi connectivity index (χ2v) is 7.22. The van der Waals surface area contributed by atoms with Gasteiger partial charge in [-0.1, -0.05) is 0 Å². The van der Waals surface area contributed by atoms with Crippen LogP contribution in [0.2, 0.25) is 0 Å². The summed E-state index contributed by atoms with van der Waals surface area (Å²) in [6.45, 7) is 4.89. The fourth-order valence-corrected chi connectivity index (χ4v) is 4.02. The lowest BCUT2D eigenvalue weighted by atomic mass is 10.1. The molecular weight excluding hydrogens is 395 g/mol. The van der Waals surface area contributed by atoms with Crippen LogP contribution in [0.3, 0.4) is 0 Å². The summed E-state index contributed by atoms with van der Waals surface area (Å²) in [6.07, 6.45) is 1.77. The number of halogens is 1. The van der Waals surface area contributed by atoms with E-state index in [1.165, 1.54) is 23.9 Å². The molecule has 2 aliphatic rings. The third-order valence-electron chi connectivity index (χ3n) is 4.35. The van der Waals surface area contributed by atoms with Gasteiger partial charge >= 0.3 is 0 Å². The Morgan fingerprint density at radius 3 is 2.62 bits per heavy atom. The molecular formula is C21H19FN2O4S. The minimum Gasteiger partial charge on any atom is -0.493 e. The highest BCUT2D eigenvalue weighted by Crippen LogP contribution is 2.41. The molecule has 1 saturated heterocycles. The van der Waals surface area contributed by atoms with E-state index in [0.29, 0.717) is 46.2 Å². The lowest BCUT2D eigenvalue weighted by Crippen LogP contribution is -2.28. The van der Waals surface area contributed by atoms with Gasteiger partial charge in [-0.3, -0.25) is 9.69 Å². The maximum absolute atomic E-state index is 13.1. The molecule has 0 unspecified atom stereocenters. The van der Waals surface area contributed by atoms with E-state index in [1.54, 1.807) is 35.2 Å². The van der Waals surface area contributed by atoms with Crippen molar-refractivity contribution in [3.63, 3.8) is 0 Å². The SMILES string of the molecule is CCOc1cc2c(cc1/C=C1/SC(=Nc3ccc(F)cc3)N(CC)C1=O)OCO2. The van der Waals surface area contributed by atoms with Crippen molar-refractivity contribution in [3.05, 3.63) is 52.7 Å². The van der Waals surface area contributed by atoms with E-state index in [9.17, 15) is 9.18 Å². The molecule has 1 fully saturated rings. The van der Waals surface area contributed by atoms with Crippen LogP contribution in [0.5, 0.6) is 17.2 Å². The predicted octanol–water partition coefficient (Wildman–Crippen LogP) is 4.58. The molecule has 2 aromatic rings. The molecule has 2 aliphatic heterocycles. The van der Waals surface area contributed by atoms with E-state index in [0.717, 1.165) is 5.56 Å². The molecule has 0 saturated carbocycles. The third kappa shape index (κ3) is 3.93. The zero-order chi connectivity index (χ0) is 20.4. The fourth-order valence-electron chi connectivity index (χ4n) is 2.97. The molecule has 4 rings (SSSR count). The molecule has 1 amide bonds. The second-order valence-electron chi connectivity index (χ2n) is 6.21. The maximum atomic E-state index is 13.1. The number of thioether (sulfide) groups is 1. The minimum absolute atomic E-state index is 0.140. The van der Waals surface area contributed by atoms with Gasteiger partial charge in [0.15, 0.2) is 16.7 Å². The molecule has 0 radical (unpaired) electrons. The summed E-state index contributed by atoms with van der Waals surface area (Å²) in [6, 6.07) is 9.42. The summed E-state index contributed by atoms with van der Waals surface area (Å²) >= 11 is 1.27. The van der Waals surface area contributed by atoms with E-state index in [-0.39, 0.29) is 18.5 Å². The Labute approximate surface area is 172 Å². The lowest BCUT2D eigenvalue weighted by molar-refractivity contribution is -0.122. The van der Waals surface area contributed by atoms with Crippen LogP contribution in [0.1, 0.15) is 19.4 Å². The van der Waals surface area contributed by atoms with Crippen LogP contribution in [0.25, 0.3) is 6.08 Å². The molecule has 2 aromatic carbocycles. The number of carbonyl (C=O) groups is 1. The first-order valence-corrected chi connectivity index (χ1v) is 10.0. The van der Waals surface area contributed by atoms with Crippen LogP contribution in [0, 0.1) is 5.82 Å². The number of hydrogen-bond acceptors (Lipinski definition) is 6. The number of nitrogens with zero attached hydrogens (tertiary/aromatic N) is 2. The van der Waals surface area contributed by atoms with Crippen LogP contribution >= 0.6 is 11.8 Å². The maximum Gasteiger partial charge on any atom is 0.266 e. The Morgan fingerprint density at radius 1 is 1.21 bits per heavy atom. The average Bonchev–Trinajstić information content (AvgIpc) is 3.28. The highest BCUT2D eigenvalue weighted by Gasteiger charge is 2.32. The van der Waals surface area contributed by atoms with Gasteiger partial charge in [0, 0.05) is 18.2 Å². The quantitative estimate of drug-likeness (QED) is 0.671. The number of aliphatic imine (C=N–C) groups is 1. The van der Waals surface area contributed by atoms with Crippen LogP contribution in [0.15, 0.2) is 46.3 Å². The van der Waals surface area contributed by atoms with Gasteiger partial charge in [0.1, 0.15) is 11.6 Å². The molecule has 0 aromatic heterocycles. The van der Waals surface area contributed by atoms with Gasteiger partial charge in [-0.25, -0.2) is 9.38 Å².